The fourth-order valence-corrected chi connectivity index (χ4v) is 3.55. The van der Waals surface area contributed by atoms with Gasteiger partial charge in [-0.15, -0.1) is 0 Å². The first-order valence-corrected chi connectivity index (χ1v) is 9.08. The molecule has 1 fully saturated rings. The largest absolute Gasteiger partial charge is 0.337 e. The van der Waals surface area contributed by atoms with Gasteiger partial charge in [0.25, 0.3) is 5.91 Å². The fourth-order valence-electron chi connectivity index (χ4n) is 3.55. The van der Waals surface area contributed by atoms with Crippen molar-refractivity contribution >= 4 is 5.91 Å². The Hall–Kier alpha value is -2.95. The van der Waals surface area contributed by atoms with E-state index in [1.54, 1.807) is 12.3 Å². The Balaban J connectivity index is 1.38. The maximum Gasteiger partial charge on any atom is 0.272 e. The fraction of sp³-hybridized carbons (Fsp3) is 0.286. The van der Waals surface area contributed by atoms with Gasteiger partial charge in [0.2, 0.25) is 0 Å². The molecule has 3 heterocycles. The predicted molar refractivity (Wildman–Crippen MR) is 101 cm³/mol. The topological polar surface area (TPSA) is 51.0 Å². The van der Waals surface area contributed by atoms with Crippen molar-refractivity contribution in [1.29, 1.82) is 0 Å². The molecular formula is C21H22N4O. The summed E-state index contributed by atoms with van der Waals surface area (Å²) in [6.07, 6.45) is 7.59. The maximum atomic E-state index is 12.5. The minimum atomic E-state index is 0.0386. The molecule has 0 aliphatic carbocycles. The molecule has 3 aromatic rings. The molecule has 1 amide bonds. The molecule has 5 heteroatoms. The van der Waals surface area contributed by atoms with E-state index in [2.05, 4.69) is 26.7 Å². The third kappa shape index (κ3) is 3.52. The van der Waals surface area contributed by atoms with Gasteiger partial charge in [-0.05, 0) is 30.9 Å². The van der Waals surface area contributed by atoms with Crippen LogP contribution in [0.3, 0.4) is 0 Å². The molecule has 1 aliphatic rings. The van der Waals surface area contributed by atoms with E-state index in [4.69, 9.17) is 0 Å². The maximum absolute atomic E-state index is 12.5. The quantitative estimate of drug-likeness (QED) is 0.726. The summed E-state index contributed by atoms with van der Waals surface area (Å²) in [7, 11) is 0. The van der Waals surface area contributed by atoms with Crippen molar-refractivity contribution in [2.24, 2.45) is 5.92 Å². The summed E-state index contributed by atoms with van der Waals surface area (Å²) >= 11 is 0. The van der Waals surface area contributed by atoms with Crippen molar-refractivity contribution < 1.29 is 4.79 Å². The molecule has 0 saturated carbocycles. The standard InChI is InChI=1S/C21H22N4O/c26-21(19-8-4-5-11-22-19)24-13-9-17(10-14-24)16-25-15-12-23-20(25)18-6-2-1-3-7-18/h1-8,11-12,15,17H,9-10,13-14,16H2. The second-order valence-electron chi connectivity index (χ2n) is 6.72. The number of hydrogen-bond acceptors (Lipinski definition) is 3. The lowest BCUT2D eigenvalue weighted by atomic mass is 9.96. The van der Waals surface area contributed by atoms with Crippen LogP contribution in [-0.2, 0) is 6.54 Å². The van der Waals surface area contributed by atoms with Crippen molar-refractivity contribution in [2.75, 3.05) is 13.1 Å². The van der Waals surface area contributed by atoms with E-state index in [0.29, 0.717) is 11.6 Å². The van der Waals surface area contributed by atoms with Crippen LogP contribution in [-0.4, -0.2) is 38.4 Å². The Morgan fingerprint density at radius 2 is 1.73 bits per heavy atom. The van der Waals surface area contributed by atoms with E-state index in [0.717, 1.165) is 43.9 Å². The lowest BCUT2D eigenvalue weighted by Gasteiger charge is -2.32. The molecule has 1 aliphatic heterocycles. The molecule has 1 aromatic carbocycles. The molecule has 2 aromatic heterocycles. The number of nitrogens with zero attached hydrogens (tertiary/aromatic N) is 4. The Morgan fingerprint density at radius 1 is 0.962 bits per heavy atom. The highest BCUT2D eigenvalue weighted by Gasteiger charge is 2.24. The lowest BCUT2D eigenvalue weighted by Crippen LogP contribution is -2.39. The number of rotatable bonds is 4. The SMILES string of the molecule is O=C(c1ccccn1)N1CCC(Cn2ccnc2-c2ccccc2)CC1. The lowest BCUT2D eigenvalue weighted by molar-refractivity contribution is 0.0677. The van der Waals surface area contributed by atoms with Gasteiger partial charge < -0.3 is 9.47 Å². The van der Waals surface area contributed by atoms with Crippen molar-refractivity contribution in [3.63, 3.8) is 0 Å². The molecule has 5 nitrogen and oxygen atoms in total. The van der Waals surface area contributed by atoms with Gasteiger partial charge in [-0.1, -0.05) is 36.4 Å². The van der Waals surface area contributed by atoms with Gasteiger partial charge in [-0.25, -0.2) is 4.98 Å². The highest BCUT2D eigenvalue weighted by Crippen LogP contribution is 2.24. The molecule has 0 spiro atoms. The molecule has 1 saturated heterocycles. The highest BCUT2D eigenvalue weighted by molar-refractivity contribution is 5.92. The highest BCUT2D eigenvalue weighted by atomic mass is 16.2. The number of piperidine rings is 1. The van der Waals surface area contributed by atoms with E-state index < -0.39 is 0 Å². The van der Waals surface area contributed by atoms with Crippen LogP contribution in [0, 0.1) is 5.92 Å². The van der Waals surface area contributed by atoms with Gasteiger partial charge in [-0.3, -0.25) is 9.78 Å². The third-order valence-electron chi connectivity index (χ3n) is 4.99. The van der Waals surface area contributed by atoms with E-state index in [9.17, 15) is 4.79 Å². The average molecular weight is 346 g/mol. The van der Waals surface area contributed by atoms with Crippen LogP contribution in [0.5, 0.6) is 0 Å². The van der Waals surface area contributed by atoms with E-state index in [1.807, 2.05) is 47.6 Å². The molecule has 4 rings (SSSR count). The Morgan fingerprint density at radius 3 is 2.46 bits per heavy atom. The number of carbonyl (C=O) groups excluding carboxylic acids is 1. The van der Waals surface area contributed by atoms with Gasteiger partial charge in [0.15, 0.2) is 0 Å². The summed E-state index contributed by atoms with van der Waals surface area (Å²) < 4.78 is 2.23. The second-order valence-corrected chi connectivity index (χ2v) is 6.72. The van der Waals surface area contributed by atoms with E-state index in [-0.39, 0.29) is 5.91 Å². The summed E-state index contributed by atoms with van der Waals surface area (Å²) in [5.41, 5.74) is 1.67. The normalized spacial score (nSPS) is 15.2. The van der Waals surface area contributed by atoms with Crippen molar-refractivity contribution in [3.8, 4) is 11.4 Å². The van der Waals surface area contributed by atoms with Gasteiger partial charge >= 0.3 is 0 Å². The smallest absolute Gasteiger partial charge is 0.272 e. The monoisotopic (exact) mass is 346 g/mol. The molecule has 0 radical (unpaired) electrons. The number of aromatic nitrogens is 3. The molecule has 0 unspecified atom stereocenters. The van der Waals surface area contributed by atoms with Crippen LogP contribution in [0.15, 0.2) is 67.1 Å². The van der Waals surface area contributed by atoms with Crippen LogP contribution in [0.1, 0.15) is 23.3 Å². The number of amides is 1. The van der Waals surface area contributed by atoms with E-state index >= 15 is 0 Å². The number of benzene rings is 1. The van der Waals surface area contributed by atoms with Gasteiger partial charge in [-0.2, -0.15) is 0 Å². The van der Waals surface area contributed by atoms with Crippen molar-refractivity contribution in [1.82, 2.24) is 19.4 Å². The summed E-state index contributed by atoms with van der Waals surface area (Å²) in [4.78, 5) is 23.1. The predicted octanol–water partition coefficient (Wildman–Crippen LogP) is 3.50. The first-order chi connectivity index (χ1) is 12.8. The van der Waals surface area contributed by atoms with Gasteiger partial charge in [0.05, 0.1) is 0 Å². The first-order valence-electron chi connectivity index (χ1n) is 9.08. The van der Waals surface area contributed by atoms with Crippen LogP contribution in [0.4, 0.5) is 0 Å². The third-order valence-corrected chi connectivity index (χ3v) is 4.99. The zero-order valence-electron chi connectivity index (χ0n) is 14.7. The summed E-state index contributed by atoms with van der Waals surface area (Å²) in [5, 5.41) is 0. The molecule has 0 atom stereocenters. The van der Waals surface area contributed by atoms with Crippen molar-refractivity contribution in [3.05, 3.63) is 72.8 Å². The minimum Gasteiger partial charge on any atom is -0.337 e. The zero-order valence-corrected chi connectivity index (χ0v) is 14.7. The Bertz CT molecular complexity index is 852. The number of hydrogen-bond donors (Lipinski definition) is 0. The number of likely N-dealkylation sites (tertiary alicyclic amines) is 1. The molecular weight excluding hydrogens is 324 g/mol. The Kier molecular flexibility index (Phi) is 4.78. The van der Waals surface area contributed by atoms with Crippen LogP contribution in [0.2, 0.25) is 0 Å². The molecule has 132 valence electrons. The molecule has 0 bridgehead atoms. The summed E-state index contributed by atoms with van der Waals surface area (Å²) in [6, 6.07) is 15.7. The summed E-state index contributed by atoms with van der Waals surface area (Å²) in [6.45, 7) is 2.51. The number of imidazole rings is 1. The van der Waals surface area contributed by atoms with Gasteiger partial charge in [0.1, 0.15) is 11.5 Å². The first kappa shape index (κ1) is 16.5. The summed E-state index contributed by atoms with van der Waals surface area (Å²) in [5.74, 6) is 1.61. The van der Waals surface area contributed by atoms with E-state index in [1.165, 1.54) is 0 Å². The zero-order chi connectivity index (χ0) is 17.8. The van der Waals surface area contributed by atoms with Gasteiger partial charge in [0, 0.05) is 43.8 Å². The van der Waals surface area contributed by atoms with Crippen LogP contribution >= 0.6 is 0 Å². The van der Waals surface area contributed by atoms with Crippen LogP contribution in [0.25, 0.3) is 11.4 Å². The molecule has 0 N–H and O–H groups in total. The Labute approximate surface area is 153 Å². The second kappa shape index (κ2) is 7.52. The molecule has 26 heavy (non-hydrogen) atoms. The number of carbonyl (C=O) groups is 1. The van der Waals surface area contributed by atoms with Crippen molar-refractivity contribution in [2.45, 2.75) is 19.4 Å². The minimum absolute atomic E-state index is 0.0386. The average Bonchev–Trinajstić information content (AvgIpc) is 3.17. The van der Waals surface area contributed by atoms with Crippen LogP contribution < -0.4 is 0 Å². The number of pyridine rings is 1.